The molecule has 3 aliphatic rings. The SMILES string of the molecule is CC1CC2CNCC2N1C(=O)N1CCOCC1. The van der Waals surface area contributed by atoms with E-state index in [1.807, 2.05) is 4.90 Å². The molecule has 0 spiro atoms. The number of morpholine rings is 1. The van der Waals surface area contributed by atoms with Gasteiger partial charge < -0.3 is 19.9 Å². The van der Waals surface area contributed by atoms with Crippen LogP contribution in [0.3, 0.4) is 0 Å². The van der Waals surface area contributed by atoms with Crippen LogP contribution in [-0.4, -0.2) is 67.3 Å². The van der Waals surface area contributed by atoms with Gasteiger partial charge in [0.05, 0.1) is 19.3 Å². The third-order valence-electron chi connectivity index (χ3n) is 4.28. The number of nitrogens with one attached hydrogen (secondary N) is 1. The lowest BCUT2D eigenvalue weighted by Crippen LogP contribution is -2.52. The van der Waals surface area contributed by atoms with Gasteiger partial charge in [0.2, 0.25) is 0 Å². The summed E-state index contributed by atoms with van der Waals surface area (Å²) in [6.45, 7) is 7.06. The van der Waals surface area contributed by atoms with Crippen molar-refractivity contribution < 1.29 is 9.53 Å². The number of rotatable bonds is 0. The molecule has 96 valence electrons. The highest BCUT2D eigenvalue weighted by molar-refractivity contribution is 5.76. The molecule has 3 fully saturated rings. The first-order valence-electron chi connectivity index (χ1n) is 6.63. The van der Waals surface area contributed by atoms with Crippen LogP contribution in [-0.2, 0) is 4.74 Å². The number of amides is 2. The summed E-state index contributed by atoms with van der Waals surface area (Å²) < 4.78 is 5.30. The smallest absolute Gasteiger partial charge is 0.320 e. The number of fused-ring (bicyclic) bond motifs is 1. The molecule has 3 atom stereocenters. The minimum Gasteiger partial charge on any atom is -0.378 e. The van der Waals surface area contributed by atoms with Crippen molar-refractivity contribution in [1.29, 1.82) is 0 Å². The molecule has 0 bridgehead atoms. The maximum atomic E-state index is 12.5. The molecule has 0 aromatic heterocycles. The average Bonchev–Trinajstić information content (AvgIpc) is 2.89. The van der Waals surface area contributed by atoms with Crippen LogP contribution in [0.5, 0.6) is 0 Å². The van der Waals surface area contributed by atoms with E-state index in [0.717, 1.165) is 32.6 Å². The van der Waals surface area contributed by atoms with Gasteiger partial charge in [-0.3, -0.25) is 0 Å². The lowest BCUT2D eigenvalue weighted by atomic mass is 10.0. The Hall–Kier alpha value is -0.810. The summed E-state index contributed by atoms with van der Waals surface area (Å²) in [4.78, 5) is 16.6. The molecule has 3 heterocycles. The fourth-order valence-electron chi connectivity index (χ4n) is 3.41. The summed E-state index contributed by atoms with van der Waals surface area (Å²) in [6, 6.07) is 1.03. The van der Waals surface area contributed by atoms with E-state index in [1.165, 1.54) is 0 Å². The standard InChI is InChI=1S/C12H21N3O2/c1-9-6-10-7-13-8-11(10)15(9)12(16)14-2-4-17-5-3-14/h9-11,13H,2-8H2,1H3. The molecule has 3 aliphatic heterocycles. The fourth-order valence-corrected chi connectivity index (χ4v) is 3.41. The van der Waals surface area contributed by atoms with E-state index >= 15 is 0 Å². The normalized spacial score (nSPS) is 37.4. The summed E-state index contributed by atoms with van der Waals surface area (Å²) >= 11 is 0. The Morgan fingerprint density at radius 3 is 2.82 bits per heavy atom. The van der Waals surface area contributed by atoms with Gasteiger partial charge in [0.25, 0.3) is 0 Å². The van der Waals surface area contributed by atoms with Gasteiger partial charge in [-0.1, -0.05) is 0 Å². The fraction of sp³-hybridized carbons (Fsp3) is 0.917. The maximum absolute atomic E-state index is 12.5. The number of carbonyl (C=O) groups excluding carboxylic acids is 1. The van der Waals surface area contributed by atoms with E-state index in [1.54, 1.807) is 0 Å². The Kier molecular flexibility index (Phi) is 2.96. The van der Waals surface area contributed by atoms with Gasteiger partial charge in [0.1, 0.15) is 0 Å². The minimum absolute atomic E-state index is 0.219. The second-order valence-electron chi connectivity index (χ2n) is 5.36. The van der Waals surface area contributed by atoms with Gasteiger partial charge in [-0.15, -0.1) is 0 Å². The van der Waals surface area contributed by atoms with Crippen molar-refractivity contribution in [3.63, 3.8) is 0 Å². The van der Waals surface area contributed by atoms with E-state index in [4.69, 9.17) is 4.74 Å². The second-order valence-corrected chi connectivity index (χ2v) is 5.36. The van der Waals surface area contributed by atoms with E-state index < -0.39 is 0 Å². The number of ether oxygens (including phenoxy) is 1. The Morgan fingerprint density at radius 2 is 2.06 bits per heavy atom. The van der Waals surface area contributed by atoms with Crippen molar-refractivity contribution in [1.82, 2.24) is 15.1 Å². The van der Waals surface area contributed by atoms with E-state index in [2.05, 4.69) is 17.1 Å². The highest BCUT2D eigenvalue weighted by atomic mass is 16.5. The molecule has 5 heteroatoms. The van der Waals surface area contributed by atoms with Crippen molar-refractivity contribution in [2.75, 3.05) is 39.4 Å². The molecule has 0 saturated carbocycles. The van der Waals surface area contributed by atoms with Crippen molar-refractivity contribution >= 4 is 6.03 Å². The predicted octanol–water partition coefficient (Wildman–Crippen LogP) is 0.121. The maximum Gasteiger partial charge on any atom is 0.320 e. The first-order chi connectivity index (χ1) is 8.27. The highest BCUT2D eigenvalue weighted by Crippen LogP contribution is 2.33. The lowest BCUT2D eigenvalue weighted by Gasteiger charge is -2.35. The Morgan fingerprint density at radius 1 is 1.29 bits per heavy atom. The van der Waals surface area contributed by atoms with Crippen LogP contribution in [0.4, 0.5) is 4.79 Å². The molecule has 3 rings (SSSR count). The molecule has 17 heavy (non-hydrogen) atoms. The molecule has 3 saturated heterocycles. The lowest BCUT2D eigenvalue weighted by molar-refractivity contribution is 0.0392. The zero-order valence-corrected chi connectivity index (χ0v) is 10.4. The Balaban J connectivity index is 1.71. The quantitative estimate of drug-likeness (QED) is 0.653. The van der Waals surface area contributed by atoms with Crippen LogP contribution in [0.25, 0.3) is 0 Å². The number of likely N-dealkylation sites (tertiary alicyclic amines) is 1. The summed E-state index contributed by atoms with van der Waals surface area (Å²) in [5.74, 6) is 0.662. The molecule has 0 aliphatic carbocycles. The van der Waals surface area contributed by atoms with Crippen LogP contribution in [0.1, 0.15) is 13.3 Å². The average molecular weight is 239 g/mol. The number of hydrogen-bond donors (Lipinski definition) is 1. The molecule has 5 nitrogen and oxygen atoms in total. The van der Waals surface area contributed by atoms with Crippen LogP contribution in [0, 0.1) is 5.92 Å². The number of hydrogen-bond acceptors (Lipinski definition) is 3. The van der Waals surface area contributed by atoms with E-state index in [9.17, 15) is 4.79 Å². The van der Waals surface area contributed by atoms with Crippen molar-refractivity contribution in [3.05, 3.63) is 0 Å². The van der Waals surface area contributed by atoms with E-state index in [-0.39, 0.29) is 6.03 Å². The molecule has 0 aromatic carbocycles. The zero-order chi connectivity index (χ0) is 11.8. The number of nitrogens with zero attached hydrogens (tertiary/aromatic N) is 2. The summed E-state index contributed by atoms with van der Waals surface area (Å²) in [6.07, 6.45) is 1.15. The van der Waals surface area contributed by atoms with Crippen LogP contribution >= 0.6 is 0 Å². The monoisotopic (exact) mass is 239 g/mol. The number of urea groups is 1. The van der Waals surface area contributed by atoms with E-state index in [0.29, 0.717) is 31.2 Å². The van der Waals surface area contributed by atoms with Gasteiger partial charge in [0.15, 0.2) is 0 Å². The van der Waals surface area contributed by atoms with Gasteiger partial charge in [0, 0.05) is 32.2 Å². The Bertz CT molecular complexity index is 304. The van der Waals surface area contributed by atoms with Crippen molar-refractivity contribution in [2.45, 2.75) is 25.4 Å². The molecule has 0 radical (unpaired) electrons. The number of carbonyl (C=O) groups is 1. The largest absolute Gasteiger partial charge is 0.378 e. The topological polar surface area (TPSA) is 44.8 Å². The minimum atomic E-state index is 0.219. The first kappa shape index (κ1) is 11.3. The summed E-state index contributed by atoms with van der Waals surface area (Å²) in [5, 5.41) is 3.40. The second kappa shape index (κ2) is 4.46. The molecule has 1 N–H and O–H groups in total. The zero-order valence-electron chi connectivity index (χ0n) is 10.4. The van der Waals surface area contributed by atoms with Gasteiger partial charge >= 0.3 is 6.03 Å². The Labute approximate surface area is 102 Å². The molecule has 2 amide bonds. The third kappa shape index (κ3) is 1.91. The molecule has 3 unspecified atom stereocenters. The summed E-state index contributed by atoms with van der Waals surface area (Å²) in [5.41, 5.74) is 0. The molecular formula is C12H21N3O2. The highest BCUT2D eigenvalue weighted by Gasteiger charge is 2.45. The van der Waals surface area contributed by atoms with Crippen molar-refractivity contribution in [2.24, 2.45) is 5.92 Å². The van der Waals surface area contributed by atoms with Crippen LogP contribution in [0.15, 0.2) is 0 Å². The van der Waals surface area contributed by atoms with Crippen LogP contribution < -0.4 is 5.32 Å². The van der Waals surface area contributed by atoms with Gasteiger partial charge in [-0.2, -0.15) is 0 Å². The van der Waals surface area contributed by atoms with Gasteiger partial charge in [-0.05, 0) is 19.3 Å². The first-order valence-corrected chi connectivity index (χ1v) is 6.63. The van der Waals surface area contributed by atoms with Crippen molar-refractivity contribution in [3.8, 4) is 0 Å². The third-order valence-corrected chi connectivity index (χ3v) is 4.28. The summed E-state index contributed by atoms with van der Waals surface area (Å²) in [7, 11) is 0. The van der Waals surface area contributed by atoms with Gasteiger partial charge in [-0.25, -0.2) is 4.79 Å². The molecular weight excluding hydrogens is 218 g/mol. The molecule has 0 aromatic rings. The predicted molar refractivity (Wildman–Crippen MR) is 63.9 cm³/mol. The van der Waals surface area contributed by atoms with Crippen LogP contribution in [0.2, 0.25) is 0 Å².